The van der Waals surface area contributed by atoms with Crippen LogP contribution in [0.3, 0.4) is 0 Å². The smallest absolute Gasteiger partial charge is 0.203 e. The maximum absolute atomic E-state index is 6.05. The summed E-state index contributed by atoms with van der Waals surface area (Å²) in [6, 6.07) is 0.373. The fourth-order valence-corrected chi connectivity index (χ4v) is 1.99. The van der Waals surface area contributed by atoms with Gasteiger partial charge in [-0.15, -0.1) is 0 Å². The van der Waals surface area contributed by atoms with Gasteiger partial charge in [0.1, 0.15) is 0 Å². The molecule has 1 aliphatic heterocycles. The summed E-state index contributed by atoms with van der Waals surface area (Å²) in [6.45, 7) is 11.7. The van der Waals surface area contributed by atoms with Crippen LogP contribution >= 0.6 is 0 Å². The number of nitrogens with two attached hydrogens (primary N) is 1. The largest absolute Gasteiger partial charge is 0.478 e. The number of rotatable bonds is 1. The molecule has 0 saturated carbocycles. The zero-order valence-electron chi connectivity index (χ0n) is 10.6. The van der Waals surface area contributed by atoms with Gasteiger partial charge in [-0.05, 0) is 24.3 Å². The molecule has 1 aliphatic rings. The highest BCUT2D eigenvalue weighted by molar-refractivity contribution is 5.15. The molecule has 88 valence electrons. The van der Waals surface area contributed by atoms with E-state index in [4.69, 9.17) is 10.6 Å². The molecule has 3 heteroatoms. The van der Waals surface area contributed by atoms with Crippen molar-refractivity contribution < 1.29 is 4.74 Å². The van der Waals surface area contributed by atoms with Gasteiger partial charge in [0.25, 0.3) is 0 Å². The second-order valence-electron chi connectivity index (χ2n) is 5.28. The summed E-state index contributed by atoms with van der Waals surface area (Å²) in [5.74, 6) is 6.94. The van der Waals surface area contributed by atoms with E-state index in [9.17, 15) is 0 Å². The van der Waals surface area contributed by atoms with Crippen LogP contribution in [0.4, 0.5) is 0 Å². The average Bonchev–Trinajstić information content (AvgIpc) is 2.11. The molecule has 0 aromatic rings. The average molecular weight is 212 g/mol. The predicted octanol–water partition coefficient (Wildman–Crippen LogP) is 2.64. The van der Waals surface area contributed by atoms with Crippen molar-refractivity contribution in [1.82, 2.24) is 5.01 Å². The second kappa shape index (κ2) is 4.44. The van der Waals surface area contributed by atoms with E-state index in [2.05, 4.69) is 34.6 Å². The molecule has 0 spiro atoms. The molecule has 1 fully saturated rings. The molecule has 15 heavy (non-hydrogen) atoms. The van der Waals surface area contributed by atoms with Crippen molar-refractivity contribution in [3.05, 3.63) is 11.5 Å². The van der Waals surface area contributed by atoms with Crippen molar-refractivity contribution in [2.45, 2.75) is 53.5 Å². The minimum Gasteiger partial charge on any atom is -0.478 e. The zero-order valence-corrected chi connectivity index (χ0v) is 10.6. The van der Waals surface area contributed by atoms with Crippen LogP contribution in [0.5, 0.6) is 0 Å². The number of hydrogen-bond donors (Lipinski definition) is 1. The van der Waals surface area contributed by atoms with Crippen LogP contribution < -0.4 is 5.84 Å². The predicted molar refractivity (Wildman–Crippen MR) is 62.8 cm³/mol. The molecule has 1 atom stereocenters. The van der Waals surface area contributed by atoms with Crippen molar-refractivity contribution in [3.63, 3.8) is 0 Å². The fraction of sp³-hybridized carbons (Fsp3) is 0.833. The molecule has 0 radical (unpaired) electrons. The highest BCUT2D eigenvalue weighted by atomic mass is 16.5. The molecule has 0 aromatic carbocycles. The normalized spacial score (nSPS) is 26.3. The molecule has 2 N–H and O–H groups in total. The lowest BCUT2D eigenvalue weighted by Gasteiger charge is -2.37. The number of hydrogen-bond acceptors (Lipinski definition) is 3. The summed E-state index contributed by atoms with van der Waals surface area (Å²) in [7, 11) is 0. The first kappa shape index (κ1) is 12.4. The molecule has 0 aliphatic carbocycles. The van der Waals surface area contributed by atoms with Gasteiger partial charge in [0.05, 0.1) is 6.61 Å². The van der Waals surface area contributed by atoms with Crippen molar-refractivity contribution >= 4 is 0 Å². The van der Waals surface area contributed by atoms with Crippen LogP contribution in [-0.4, -0.2) is 17.7 Å². The fourth-order valence-electron chi connectivity index (χ4n) is 1.99. The quantitative estimate of drug-likeness (QED) is 0.679. The van der Waals surface area contributed by atoms with Crippen LogP contribution in [0.15, 0.2) is 11.5 Å². The molecule has 3 nitrogen and oxygen atoms in total. The van der Waals surface area contributed by atoms with E-state index in [1.807, 2.05) is 0 Å². The van der Waals surface area contributed by atoms with Crippen LogP contribution in [0.2, 0.25) is 0 Å². The Labute approximate surface area is 93.2 Å². The van der Waals surface area contributed by atoms with Gasteiger partial charge in [0, 0.05) is 12.5 Å². The van der Waals surface area contributed by atoms with Crippen molar-refractivity contribution in [3.8, 4) is 0 Å². The van der Waals surface area contributed by atoms with E-state index in [0.717, 1.165) is 25.3 Å². The number of ether oxygens (including phenoxy) is 1. The minimum atomic E-state index is 0.124. The van der Waals surface area contributed by atoms with Crippen LogP contribution in [0.25, 0.3) is 0 Å². The molecular formula is C12H24N2O. The molecule has 1 heterocycles. The van der Waals surface area contributed by atoms with Crippen LogP contribution in [0.1, 0.15) is 47.5 Å². The van der Waals surface area contributed by atoms with Gasteiger partial charge in [-0.1, -0.05) is 27.7 Å². The third kappa shape index (κ3) is 2.65. The van der Waals surface area contributed by atoms with Crippen LogP contribution in [-0.2, 0) is 4.74 Å². The number of allylic oxidation sites excluding steroid dienone is 1. The second-order valence-corrected chi connectivity index (χ2v) is 5.28. The zero-order chi connectivity index (χ0) is 11.6. The summed E-state index contributed by atoms with van der Waals surface area (Å²) in [6.07, 6.45) is 1.99. The topological polar surface area (TPSA) is 38.5 Å². The van der Waals surface area contributed by atoms with E-state index in [0.29, 0.717) is 6.04 Å². The van der Waals surface area contributed by atoms with Gasteiger partial charge >= 0.3 is 0 Å². The Morgan fingerprint density at radius 3 is 2.60 bits per heavy atom. The molecule has 0 amide bonds. The van der Waals surface area contributed by atoms with E-state index in [-0.39, 0.29) is 5.41 Å². The van der Waals surface area contributed by atoms with Crippen molar-refractivity contribution in [1.29, 1.82) is 0 Å². The Morgan fingerprint density at radius 1 is 1.53 bits per heavy atom. The van der Waals surface area contributed by atoms with E-state index in [1.54, 1.807) is 5.01 Å². The molecule has 0 bridgehead atoms. The first-order chi connectivity index (χ1) is 6.88. The minimum absolute atomic E-state index is 0.124. The molecule has 1 unspecified atom stereocenters. The maximum atomic E-state index is 6.05. The Balaban J connectivity index is 3.03. The molecule has 1 rings (SSSR count). The first-order valence-corrected chi connectivity index (χ1v) is 5.78. The molecule has 0 aromatic heterocycles. The maximum Gasteiger partial charge on any atom is 0.203 e. The lowest BCUT2D eigenvalue weighted by molar-refractivity contribution is 0.0232. The van der Waals surface area contributed by atoms with Gasteiger partial charge in [0.2, 0.25) is 5.88 Å². The third-order valence-electron chi connectivity index (χ3n) is 3.00. The van der Waals surface area contributed by atoms with Gasteiger partial charge in [-0.25, -0.2) is 5.84 Å². The van der Waals surface area contributed by atoms with E-state index < -0.39 is 0 Å². The lowest BCUT2D eigenvalue weighted by atomic mass is 9.84. The summed E-state index contributed by atoms with van der Waals surface area (Å²) in [5, 5.41) is 1.79. The Bertz CT molecular complexity index is 253. The first-order valence-electron chi connectivity index (χ1n) is 5.78. The van der Waals surface area contributed by atoms with Gasteiger partial charge < -0.3 is 4.74 Å². The monoisotopic (exact) mass is 212 g/mol. The van der Waals surface area contributed by atoms with Crippen molar-refractivity contribution in [2.75, 3.05) is 6.61 Å². The molecule has 1 saturated heterocycles. The van der Waals surface area contributed by atoms with Crippen LogP contribution in [0, 0.1) is 5.41 Å². The third-order valence-corrected chi connectivity index (χ3v) is 3.00. The van der Waals surface area contributed by atoms with E-state index >= 15 is 0 Å². The summed E-state index contributed by atoms with van der Waals surface area (Å²) >= 11 is 0. The van der Waals surface area contributed by atoms with Crippen molar-refractivity contribution in [2.24, 2.45) is 11.3 Å². The van der Waals surface area contributed by atoms with Gasteiger partial charge in [0.15, 0.2) is 0 Å². The number of hydrazine groups is 1. The summed E-state index contributed by atoms with van der Waals surface area (Å²) in [5.41, 5.74) is 1.43. The highest BCUT2D eigenvalue weighted by Crippen LogP contribution is 2.33. The SMILES string of the molecule is CC/C(=C1/OCCC(C)N1N)C(C)(C)C. The van der Waals surface area contributed by atoms with E-state index in [1.165, 1.54) is 5.57 Å². The lowest BCUT2D eigenvalue weighted by Crippen LogP contribution is -2.45. The summed E-state index contributed by atoms with van der Waals surface area (Å²) < 4.78 is 5.72. The molecular weight excluding hydrogens is 188 g/mol. The Morgan fingerprint density at radius 2 is 2.13 bits per heavy atom. The summed E-state index contributed by atoms with van der Waals surface area (Å²) in [4.78, 5) is 0. The Kier molecular flexibility index (Phi) is 3.66. The Hall–Kier alpha value is -0.700. The van der Waals surface area contributed by atoms with Gasteiger partial charge in [-0.2, -0.15) is 0 Å². The number of nitrogens with zero attached hydrogens (tertiary/aromatic N) is 1. The standard InChI is InChI=1S/C12H24N2O/c1-6-10(12(3,4)5)11-14(13)9(2)7-8-15-11/h9H,6-8,13H2,1-5H3/b11-10-. The van der Waals surface area contributed by atoms with Gasteiger partial charge in [-0.3, -0.25) is 5.01 Å². The highest BCUT2D eigenvalue weighted by Gasteiger charge is 2.28.